The summed E-state index contributed by atoms with van der Waals surface area (Å²) in [4.78, 5) is 16.1. The smallest absolute Gasteiger partial charge is 0.245 e. The number of benzene rings is 1. The molecule has 0 saturated carbocycles. The molecular weight excluding hydrogens is 252 g/mol. The van der Waals surface area contributed by atoms with Gasteiger partial charge in [-0.1, -0.05) is 6.07 Å². The van der Waals surface area contributed by atoms with E-state index in [1.54, 1.807) is 18.3 Å². The number of nitrogens with one attached hydrogen (secondary N) is 1. The van der Waals surface area contributed by atoms with Gasteiger partial charge in [-0.2, -0.15) is 0 Å². The highest BCUT2D eigenvalue weighted by molar-refractivity contribution is 5.91. The number of fused-ring (bicyclic) bond motifs is 1. The number of nitrogen functional groups attached to an aromatic ring is 1. The highest BCUT2D eigenvalue weighted by Gasteiger charge is 2.07. The summed E-state index contributed by atoms with van der Waals surface area (Å²) < 4.78 is 1.88. The van der Waals surface area contributed by atoms with E-state index in [1.807, 2.05) is 41.1 Å². The molecule has 0 bridgehead atoms. The van der Waals surface area contributed by atoms with Crippen LogP contribution in [0.3, 0.4) is 0 Å². The number of carbonyl (C=O) groups is 1. The molecule has 0 saturated heterocycles. The van der Waals surface area contributed by atoms with Gasteiger partial charge < -0.3 is 15.6 Å². The van der Waals surface area contributed by atoms with Crippen LogP contribution in [0.25, 0.3) is 10.9 Å². The SMILES string of the molecule is Nc1ccc2c(ccn2CC(=O)Nc2ccccn2)c1. The van der Waals surface area contributed by atoms with Crippen LogP contribution in [0, 0.1) is 0 Å². The van der Waals surface area contributed by atoms with E-state index in [4.69, 9.17) is 5.73 Å². The summed E-state index contributed by atoms with van der Waals surface area (Å²) in [5, 5.41) is 3.78. The molecule has 2 heterocycles. The molecule has 0 aliphatic carbocycles. The third-order valence-electron chi connectivity index (χ3n) is 3.04. The molecule has 0 spiro atoms. The molecule has 0 fully saturated rings. The molecule has 3 rings (SSSR count). The van der Waals surface area contributed by atoms with Gasteiger partial charge in [-0.3, -0.25) is 4.79 Å². The number of amides is 1. The Morgan fingerprint density at radius 2 is 2.15 bits per heavy atom. The second-order valence-electron chi connectivity index (χ2n) is 4.53. The summed E-state index contributed by atoms with van der Waals surface area (Å²) >= 11 is 0. The van der Waals surface area contributed by atoms with E-state index in [2.05, 4.69) is 10.3 Å². The Labute approximate surface area is 116 Å². The van der Waals surface area contributed by atoms with E-state index < -0.39 is 0 Å². The molecule has 5 nitrogen and oxygen atoms in total. The van der Waals surface area contributed by atoms with Gasteiger partial charge in [-0.05, 0) is 36.4 Å². The van der Waals surface area contributed by atoms with Crippen LogP contribution in [-0.2, 0) is 11.3 Å². The molecule has 3 N–H and O–H groups in total. The molecule has 0 unspecified atom stereocenters. The molecule has 0 aliphatic heterocycles. The van der Waals surface area contributed by atoms with E-state index in [1.165, 1.54) is 0 Å². The topological polar surface area (TPSA) is 72.9 Å². The fraction of sp³-hybridized carbons (Fsp3) is 0.0667. The van der Waals surface area contributed by atoms with Gasteiger partial charge in [0.15, 0.2) is 0 Å². The summed E-state index contributed by atoms with van der Waals surface area (Å²) in [7, 11) is 0. The summed E-state index contributed by atoms with van der Waals surface area (Å²) in [5.41, 5.74) is 7.44. The van der Waals surface area contributed by atoms with Gasteiger partial charge in [0, 0.05) is 29.0 Å². The van der Waals surface area contributed by atoms with Crippen molar-refractivity contribution in [3.05, 3.63) is 54.9 Å². The van der Waals surface area contributed by atoms with E-state index in [9.17, 15) is 4.79 Å². The number of rotatable bonds is 3. The second kappa shape index (κ2) is 5.05. The van der Waals surface area contributed by atoms with Crippen LogP contribution in [0.2, 0.25) is 0 Å². The molecule has 100 valence electrons. The van der Waals surface area contributed by atoms with Gasteiger partial charge in [0.1, 0.15) is 12.4 Å². The van der Waals surface area contributed by atoms with Crippen LogP contribution < -0.4 is 11.1 Å². The van der Waals surface area contributed by atoms with Crippen LogP contribution in [0.15, 0.2) is 54.9 Å². The highest BCUT2D eigenvalue weighted by atomic mass is 16.2. The van der Waals surface area contributed by atoms with Gasteiger partial charge >= 0.3 is 0 Å². The van der Waals surface area contributed by atoms with Crippen molar-refractivity contribution in [3.8, 4) is 0 Å². The summed E-state index contributed by atoms with van der Waals surface area (Å²) in [6, 6.07) is 13.0. The maximum atomic E-state index is 12.0. The Morgan fingerprint density at radius 3 is 2.95 bits per heavy atom. The van der Waals surface area contributed by atoms with Gasteiger partial charge in [0.25, 0.3) is 0 Å². The molecular formula is C15H14N4O. The first-order valence-electron chi connectivity index (χ1n) is 6.27. The number of carbonyl (C=O) groups excluding carboxylic acids is 1. The number of nitrogens with zero attached hydrogens (tertiary/aromatic N) is 2. The van der Waals surface area contributed by atoms with Crippen LogP contribution in [0.5, 0.6) is 0 Å². The first-order valence-corrected chi connectivity index (χ1v) is 6.27. The number of pyridine rings is 1. The minimum Gasteiger partial charge on any atom is -0.399 e. The lowest BCUT2D eigenvalue weighted by molar-refractivity contribution is -0.116. The maximum absolute atomic E-state index is 12.0. The first kappa shape index (κ1) is 12.2. The Hall–Kier alpha value is -2.82. The number of hydrogen-bond acceptors (Lipinski definition) is 3. The first-order chi connectivity index (χ1) is 9.72. The van der Waals surface area contributed by atoms with Gasteiger partial charge in [-0.25, -0.2) is 4.98 Å². The summed E-state index contributed by atoms with van der Waals surface area (Å²) in [5.74, 6) is 0.441. The predicted octanol–water partition coefficient (Wildman–Crippen LogP) is 2.26. The van der Waals surface area contributed by atoms with Crippen LogP contribution >= 0.6 is 0 Å². The number of hydrogen-bond donors (Lipinski definition) is 2. The average molecular weight is 266 g/mol. The van der Waals surface area contributed by atoms with Crippen LogP contribution in [-0.4, -0.2) is 15.5 Å². The largest absolute Gasteiger partial charge is 0.399 e. The van der Waals surface area contributed by atoms with Crippen molar-refractivity contribution in [3.63, 3.8) is 0 Å². The molecule has 1 aromatic carbocycles. The minimum atomic E-state index is -0.113. The Balaban J connectivity index is 1.78. The monoisotopic (exact) mass is 266 g/mol. The van der Waals surface area contributed by atoms with Crippen molar-refractivity contribution in [2.45, 2.75) is 6.54 Å². The van der Waals surface area contributed by atoms with Gasteiger partial charge in [0.2, 0.25) is 5.91 Å². The fourth-order valence-corrected chi connectivity index (χ4v) is 2.13. The lowest BCUT2D eigenvalue weighted by Crippen LogP contribution is -2.18. The normalized spacial score (nSPS) is 10.6. The zero-order valence-corrected chi connectivity index (χ0v) is 10.8. The molecule has 0 atom stereocenters. The molecule has 20 heavy (non-hydrogen) atoms. The van der Waals surface area contributed by atoms with E-state index in [0.717, 1.165) is 10.9 Å². The Bertz CT molecular complexity index is 749. The standard InChI is InChI=1S/C15H14N4O/c16-12-4-5-13-11(9-12)6-8-19(13)10-15(20)18-14-3-1-2-7-17-14/h1-9H,10,16H2,(H,17,18,20). The van der Waals surface area contributed by atoms with Crippen molar-refractivity contribution >= 4 is 28.3 Å². The molecule has 5 heteroatoms. The lowest BCUT2D eigenvalue weighted by Gasteiger charge is -2.06. The fourth-order valence-electron chi connectivity index (χ4n) is 2.13. The lowest BCUT2D eigenvalue weighted by atomic mass is 10.2. The van der Waals surface area contributed by atoms with Crippen molar-refractivity contribution < 1.29 is 4.79 Å². The summed E-state index contributed by atoms with van der Waals surface area (Å²) in [6.07, 6.45) is 3.52. The van der Waals surface area contributed by atoms with E-state index >= 15 is 0 Å². The van der Waals surface area contributed by atoms with Crippen molar-refractivity contribution in [1.82, 2.24) is 9.55 Å². The quantitative estimate of drug-likeness (QED) is 0.714. The molecule has 3 aromatic rings. The van der Waals surface area contributed by atoms with Gasteiger partial charge in [-0.15, -0.1) is 0 Å². The van der Waals surface area contributed by atoms with Crippen molar-refractivity contribution in [1.29, 1.82) is 0 Å². The molecule has 0 radical (unpaired) electrons. The Kier molecular flexibility index (Phi) is 3.09. The van der Waals surface area contributed by atoms with E-state index in [-0.39, 0.29) is 12.5 Å². The van der Waals surface area contributed by atoms with Crippen molar-refractivity contribution in [2.24, 2.45) is 0 Å². The molecule has 1 amide bonds. The second-order valence-corrected chi connectivity index (χ2v) is 4.53. The summed E-state index contributed by atoms with van der Waals surface area (Å²) in [6.45, 7) is 0.240. The number of nitrogens with two attached hydrogens (primary N) is 1. The van der Waals surface area contributed by atoms with Gasteiger partial charge in [0.05, 0.1) is 0 Å². The van der Waals surface area contributed by atoms with Crippen molar-refractivity contribution in [2.75, 3.05) is 11.1 Å². The zero-order chi connectivity index (χ0) is 13.9. The predicted molar refractivity (Wildman–Crippen MR) is 79.2 cm³/mol. The van der Waals surface area contributed by atoms with Crippen LogP contribution in [0.1, 0.15) is 0 Å². The highest BCUT2D eigenvalue weighted by Crippen LogP contribution is 2.18. The number of anilines is 2. The molecule has 0 aliphatic rings. The minimum absolute atomic E-state index is 0.113. The third kappa shape index (κ3) is 2.47. The zero-order valence-electron chi connectivity index (χ0n) is 10.8. The maximum Gasteiger partial charge on any atom is 0.245 e. The third-order valence-corrected chi connectivity index (χ3v) is 3.04. The Morgan fingerprint density at radius 1 is 1.25 bits per heavy atom. The average Bonchev–Trinajstić information content (AvgIpc) is 2.82. The number of aromatic nitrogens is 2. The van der Waals surface area contributed by atoms with E-state index in [0.29, 0.717) is 11.5 Å². The van der Waals surface area contributed by atoms with Crippen LogP contribution in [0.4, 0.5) is 11.5 Å². The molecule has 2 aromatic heterocycles.